The van der Waals surface area contributed by atoms with Gasteiger partial charge < -0.3 is 0 Å². The molecule has 0 aliphatic carbocycles. The van der Waals surface area contributed by atoms with Crippen molar-refractivity contribution in [1.82, 2.24) is 0 Å². The van der Waals surface area contributed by atoms with Gasteiger partial charge in [-0.15, -0.1) is 0 Å². The van der Waals surface area contributed by atoms with Crippen LogP contribution < -0.4 is 0 Å². The molecule has 0 aromatic rings. The number of halogens is 16. The van der Waals surface area contributed by atoms with Gasteiger partial charge in [0.1, 0.15) is 0 Å². The number of rotatable bonds is 8. The molecule has 0 radical (unpaired) electrons. The first-order valence-electron chi connectivity index (χ1n) is 5.00. The highest BCUT2D eigenvalue weighted by Crippen LogP contribution is 2.50. The number of hydrogen-bond donors (Lipinski definition) is 0. The van der Waals surface area contributed by atoms with Gasteiger partial charge in [-0.3, -0.25) is 0 Å². The molecule has 0 rings (SSSR count). The zero-order chi connectivity index (χ0) is 21.6. The molecule has 0 saturated carbocycles. The standard InChI is InChI=1S/C7BrF15O3/c8-7(22,23)26-6(20,21)5(18,19)25-4(16,17)3(14,15)24-2(12,13)1(9,10)11. The summed E-state index contributed by atoms with van der Waals surface area (Å²) in [7, 11) is 0. The Bertz CT molecular complexity index is 494. The lowest BCUT2D eigenvalue weighted by Gasteiger charge is -2.33. The molecule has 0 aliphatic heterocycles. The van der Waals surface area contributed by atoms with Gasteiger partial charge >= 0.3 is 41.7 Å². The van der Waals surface area contributed by atoms with Crippen molar-refractivity contribution in [1.29, 1.82) is 0 Å². The fraction of sp³-hybridized carbons (Fsp3) is 1.00. The molecule has 158 valence electrons. The molecule has 0 saturated heterocycles. The highest BCUT2D eigenvalue weighted by molar-refractivity contribution is 9.09. The second kappa shape index (κ2) is 6.73. The van der Waals surface area contributed by atoms with E-state index >= 15 is 0 Å². The molecule has 0 aromatic heterocycles. The van der Waals surface area contributed by atoms with Crippen LogP contribution in [0.15, 0.2) is 0 Å². The summed E-state index contributed by atoms with van der Waals surface area (Å²) in [4.78, 5) is 0. The van der Waals surface area contributed by atoms with Crippen LogP contribution in [-0.4, -0.2) is 41.7 Å². The summed E-state index contributed by atoms with van der Waals surface area (Å²) < 4.78 is 189. The van der Waals surface area contributed by atoms with E-state index in [2.05, 4.69) is 0 Å². The zero-order valence-corrected chi connectivity index (χ0v) is 12.4. The topological polar surface area (TPSA) is 27.7 Å². The monoisotopic (exact) mass is 496 g/mol. The molecule has 0 bridgehead atoms. The molecule has 26 heavy (non-hydrogen) atoms. The van der Waals surface area contributed by atoms with Gasteiger partial charge in [0.25, 0.3) is 0 Å². The Morgan fingerprint density at radius 2 is 0.615 bits per heavy atom. The van der Waals surface area contributed by atoms with Crippen LogP contribution in [0.5, 0.6) is 0 Å². The maximum atomic E-state index is 12.7. The van der Waals surface area contributed by atoms with Gasteiger partial charge in [-0.05, 0) is 0 Å². The second-order valence-electron chi connectivity index (χ2n) is 3.83. The fourth-order valence-electron chi connectivity index (χ4n) is 0.763. The maximum absolute atomic E-state index is 12.7. The van der Waals surface area contributed by atoms with Crippen LogP contribution in [0.25, 0.3) is 0 Å². The van der Waals surface area contributed by atoms with Crippen LogP contribution in [0.4, 0.5) is 65.9 Å². The molecular weight excluding hydrogens is 497 g/mol. The fourth-order valence-corrected chi connectivity index (χ4v) is 0.966. The lowest BCUT2D eigenvalue weighted by atomic mass is 10.5. The van der Waals surface area contributed by atoms with Crippen LogP contribution in [-0.2, 0) is 14.2 Å². The summed E-state index contributed by atoms with van der Waals surface area (Å²) in [6.45, 7) is 0. The molecule has 3 nitrogen and oxygen atoms in total. The highest BCUT2D eigenvalue weighted by atomic mass is 79.9. The first-order valence-corrected chi connectivity index (χ1v) is 5.79. The van der Waals surface area contributed by atoms with Crippen molar-refractivity contribution >= 4 is 15.9 Å². The predicted octanol–water partition coefficient (Wildman–Crippen LogP) is 5.51. The average molecular weight is 497 g/mol. The van der Waals surface area contributed by atoms with Crippen molar-refractivity contribution < 1.29 is 80.1 Å². The Hall–Kier alpha value is -0.690. The van der Waals surface area contributed by atoms with Crippen molar-refractivity contribution in [2.75, 3.05) is 0 Å². The minimum Gasteiger partial charge on any atom is -0.241 e. The maximum Gasteiger partial charge on any atom is 0.483 e. The molecular formula is C7BrF15O3. The summed E-state index contributed by atoms with van der Waals surface area (Å²) in [5.41, 5.74) is 0. The van der Waals surface area contributed by atoms with E-state index in [0.717, 1.165) is 15.9 Å². The zero-order valence-electron chi connectivity index (χ0n) is 10.8. The third-order valence-corrected chi connectivity index (χ3v) is 1.93. The quantitative estimate of drug-likeness (QED) is 0.328. The number of ether oxygens (including phenoxy) is 3. The van der Waals surface area contributed by atoms with Crippen LogP contribution in [0.2, 0.25) is 0 Å². The molecule has 0 spiro atoms. The van der Waals surface area contributed by atoms with Gasteiger partial charge in [0.15, 0.2) is 0 Å². The van der Waals surface area contributed by atoms with E-state index < -0.39 is 41.7 Å². The van der Waals surface area contributed by atoms with E-state index in [4.69, 9.17) is 0 Å². The van der Waals surface area contributed by atoms with E-state index in [1.54, 1.807) is 0 Å². The number of alkyl halides is 16. The Labute approximate surface area is 139 Å². The lowest BCUT2D eigenvalue weighted by molar-refractivity contribution is -0.563. The van der Waals surface area contributed by atoms with Crippen LogP contribution in [0, 0.1) is 0 Å². The molecule has 0 heterocycles. The van der Waals surface area contributed by atoms with Gasteiger partial charge in [-0.25, -0.2) is 14.2 Å². The highest BCUT2D eigenvalue weighted by Gasteiger charge is 2.76. The predicted molar refractivity (Wildman–Crippen MR) is 47.9 cm³/mol. The van der Waals surface area contributed by atoms with Gasteiger partial charge in [-0.2, -0.15) is 65.9 Å². The van der Waals surface area contributed by atoms with Crippen LogP contribution in [0.3, 0.4) is 0 Å². The Balaban J connectivity index is 5.62. The first-order chi connectivity index (χ1) is 10.9. The third-order valence-electron chi connectivity index (χ3n) is 1.76. The molecule has 19 heteroatoms. The smallest absolute Gasteiger partial charge is 0.241 e. The normalized spacial score (nSPS) is 16.2. The molecule has 0 fully saturated rings. The SMILES string of the molecule is FC(F)(Br)OC(F)(F)C(F)(F)OC(F)(F)C(F)(F)OC(F)(F)C(F)(F)F. The second-order valence-corrected chi connectivity index (χ2v) is 4.76. The third kappa shape index (κ3) is 5.91. The minimum atomic E-state index is -7.32. The van der Waals surface area contributed by atoms with E-state index in [1.807, 2.05) is 4.74 Å². The Kier molecular flexibility index (Phi) is 6.55. The summed E-state index contributed by atoms with van der Waals surface area (Å²) >= 11 is 0.879. The minimum absolute atomic E-state index is 0.879. The summed E-state index contributed by atoms with van der Waals surface area (Å²) in [5, 5.41) is -5.36. The first kappa shape index (κ1) is 25.3. The van der Waals surface area contributed by atoms with Gasteiger partial charge in [0, 0.05) is 15.9 Å². The van der Waals surface area contributed by atoms with Crippen molar-refractivity contribution in [3.63, 3.8) is 0 Å². The van der Waals surface area contributed by atoms with Crippen molar-refractivity contribution in [3.05, 3.63) is 0 Å². The van der Waals surface area contributed by atoms with E-state index in [9.17, 15) is 65.9 Å². The summed E-state index contributed by atoms with van der Waals surface area (Å²) in [5.74, 6) is 0. The van der Waals surface area contributed by atoms with Gasteiger partial charge in [-0.1, -0.05) is 0 Å². The Morgan fingerprint density at radius 3 is 0.846 bits per heavy atom. The summed E-state index contributed by atoms with van der Waals surface area (Å²) in [6.07, 6.45) is -42.7. The molecule has 0 aromatic carbocycles. The van der Waals surface area contributed by atoms with Crippen molar-refractivity contribution in [2.45, 2.75) is 41.7 Å². The van der Waals surface area contributed by atoms with Crippen LogP contribution in [0.1, 0.15) is 0 Å². The van der Waals surface area contributed by atoms with Crippen molar-refractivity contribution in [2.24, 2.45) is 0 Å². The van der Waals surface area contributed by atoms with Crippen LogP contribution >= 0.6 is 15.9 Å². The Morgan fingerprint density at radius 1 is 0.385 bits per heavy atom. The average Bonchev–Trinajstić information content (AvgIpc) is 2.19. The molecule has 0 N–H and O–H groups in total. The molecule has 0 atom stereocenters. The van der Waals surface area contributed by atoms with E-state index in [0.29, 0.717) is 0 Å². The molecule has 0 aliphatic rings. The van der Waals surface area contributed by atoms with E-state index in [1.165, 1.54) is 9.47 Å². The van der Waals surface area contributed by atoms with Crippen molar-refractivity contribution in [3.8, 4) is 0 Å². The lowest BCUT2D eigenvalue weighted by Crippen LogP contribution is -2.58. The van der Waals surface area contributed by atoms with E-state index in [-0.39, 0.29) is 0 Å². The molecule has 0 amide bonds. The van der Waals surface area contributed by atoms with Gasteiger partial charge in [0.2, 0.25) is 0 Å². The number of hydrogen-bond acceptors (Lipinski definition) is 3. The largest absolute Gasteiger partial charge is 0.483 e. The van der Waals surface area contributed by atoms with Gasteiger partial charge in [0.05, 0.1) is 0 Å². The molecule has 0 unspecified atom stereocenters. The summed E-state index contributed by atoms with van der Waals surface area (Å²) in [6, 6.07) is 0.